The summed E-state index contributed by atoms with van der Waals surface area (Å²) in [5.41, 5.74) is 0.116. The van der Waals surface area contributed by atoms with Crippen molar-refractivity contribution in [1.29, 1.82) is 0 Å². The second kappa shape index (κ2) is 5.88. The number of piperidine rings is 1. The minimum Gasteiger partial charge on any atom is -0.393 e. The van der Waals surface area contributed by atoms with Gasteiger partial charge in [-0.05, 0) is 37.0 Å². The standard InChI is InChI=1S/C13H27NO3S/c1-13(2,3)9-12(15)8-11-6-5-7-14(10-11)18(4,16)17/h11-12,15H,5-10H2,1-4H3. The van der Waals surface area contributed by atoms with Gasteiger partial charge in [-0.25, -0.2) is 12.7 Å². The van der Waals surface area contributed by atoms with E-state index in [4.69, 9.17) is 0 Å². The van der Waals surface area contributed by atoms with E-state index in [1.165, 1.54) is 6.26 Å². The van der Waals surface area contributed by atoms with Crippen LogP contribution in [0.15, 0.2) is 0 Å². The average molecular weight is 277 g/mol. The first-order valence-corrected chi connectivity index (χ1v) is 8.56. The molecule has 0 aliphatic carbocycles. The first-order valence-electron chi connectivity index (χ1n) is 6.71. The first-order chi connectivity index (χ1) is 8.08. The molecule has 0 aromatic heterocycles. The van der Waals surface area contributed by atoms with Crippen LogP contribution in [0.3, 0.4) is 0 Å². The molecule has 1 heterocycles. The Hall–Kier alpha value is -0.130. The summed E-state index contributed by atoms with van der Waals surface area (Å²) in [6.07, 6.45) is 4.34. The lowest BCUT2D eigenvalue weighted by molar-refractivity contribution is 0.0838. The summed E-state index contributed by atoms with van der Waals surface area (Å²) in [5.74, 6) is 0.297. The molecular weight excluding hydrogens is 250 g/mol. The maximum Gasteiger partial charge on any atom is 0.211 e. The smallest absolute Gasteiger partial charge is 0.211 e. The maximum atomic E-state index is 11.5. The van der Waals surface area contributed by atoms with Crippen LogP contribution >= 0.6 is 0 Å². The van der Waals surface area contributed by atoms with E-state index in [9.17, 15) is 13.5 Å². The van der Waals surface area contributed by atoms with Crippen molar-refractivity contribution in [2.24, 2.45) is 11.3 Å². The van der Waals surface area contributed by atoms with Gasteiger partial charge in [0.05, 0.1) is 12.4 Å². The van der Waals surface area contributed by atoms with Crippen molar-refractivity contribution in [2.45, 2.75) is 52.6 Å². The molecular formula is C13H27NO3S. The Morgan fingerprint density at radius 3 is 2.50 bits per heavy atom. The molecule has 0 saturated carbocycles. The molecule has 1 rings (SSSR count). The Morgan fingerprint density at radius 2 is 2.00 bits per heavy atom. The molecule has 1 N–H and O–H groups in total. The normalized spacial score (nSPS) is 25.1. The second-order valence-corrected chi connectivity index (χ2v) is 8.77. The molecule has 0 bridgehead atoms. The van der Waals surface area contributed by atoms with Crippen molar-refractivity contribution >= 4 is 10.0 Å². The summed E-state index contributed by atoms with van der Waals surface area (Å²) in [4.78, 5) is 0. The van der Waals surface area contributed by atoms with Crippen LogP contribution in [0, 0.1) is 11.3 Å². The van der Waals surface area contributed by atoms with Crippen molar-refractivity contribution in [3.05, 3.63) is 0 Å². The van der Waals surface area contributed by atoms with Gasteiger partial charge < -0.3 is 5.11 Å². The largest absolute Gasteiger partial charge is 0.393 e. The summed E-state index contributed by atoms with van der Waals surface area (Å²) < 4.78 is 24.6. The van der Waals surface area contributed by atoms with E-state index < -0.39 is 10.0 Å². The highest BCUT2D eigenvalue weighted by molar-refractivity contribution is 7.88. The van der Waals surface area contributed by atoms with Crippen molar-refractivity contribution in [3.63, 3.8) is 0 Å². The number of hydrogen-bond donors (Lipinski definition) is 1. The minimum absolute atomic E-state index is 0.116. The molecule has 2 atom stereocenters. The fourth-order valence-electron chi connectivity index (χ4n) is 2.70. The fraction of sp³-hybridized carbons (Fsp3) is 1.00. The molecule has 1 aliphatic heterocycles. The molecule has 18 heavy (non-hydrogen) atoms. The van der Waals surface area contributed by atoms with Crippen molar-refractivity contribution < 1.29 is 13.5 Å². The molecule has 1 saturated heterocycles. The van der Waals surface area contributed by atoms with E-state index >= 15 is 0 Å². The fourth-order valence-corrected chi connectivity index (χ4v) is 3.64. The Bertz CT molecular complexity index is 359. The minimum atomic E-state index is -3.08. The van der Waals surface area contributed by atoms with Gasteiger partial charge >= 0.3 is 0 Å². The third kappa shape index (κ3) is 5.67. The molecule has 0 radical (unpaired) electrons. The molecule has 4 nitrogen and oxygen atoms in total. The van der Waals surface area contributed by atoms with Crippen LogP contribution in [-0.4, -0.2) is 43.3 Å². The number of aliphatic hydroxyl groups is 1. The van der Waals surface area contributed by atoms with Crippen LogP contribution < -0.4 is 0 Å². The zero-order valence-corrected chi connectivity index (χ0v) is 12.8. The predicted molar refractivity (Wildman–Crippen MR) is 73.8 cm³/mol. The number of hydrogen-bond acceptors (Lipinski definition) is 3. The summed E-state index contributed by atoms with van der Waals surface area (Å²) in [6, 6.07) is 0. The maximum absolute atomic E-state index is 11.5. The SMILES string of the molecule is CC(C)(C)CC(O)CC1CCCN(S(C)(=O)=O)C1. The van der Waals surface area contributed by atoms with E-state index in [0.29, 0.717) is 25.4 Å². The molecule has 5 heteroatoms. The van der Waals surface area contributed by atoms with E-state index in [1.807, 2.05) is 0 Å². The highest BCUT2D eigenvalue weighted by Crippen LogP contribution is 2.27. The zero-order chi connectivity index (χ0) is 14.0. The first kappa shape index (κ1) is 15.9. The Labute approximate surface area is 111 Å². The van der Waals surface area contributed by atoms with Gasteiger partial charge in [0, 0.05) is 13.1 Å². The van der Waals surface area contributed by atoms with Crippen LogP contribution in [0.2, 0.25) is 0 Å². The highest BCUT2D eigenvalue weighted by Gasteiger charge is 2.28. The Morgan fingerprint density at radius 1 is 1.39 bits per heavy atom. The van der Waals surface area contributed by atoms with Crippen LogP contribution in [0.5, 0.6) is 0 Å². The van der Waals surface area contributed by atoms with Gasteiger partial charge in [0.15, 0.2) is 0 Å². The average Bonchev–Trinajstić information content (AvgIpc) is 2.13. The van der Waals surface area contributed by atoms with E-state index in [2.05, 4.69) is 20.8 Å². The van der Waals surface area contributed by atoms with Gasteiger partial charge in [-0.15, -0.1) is 0 Å². The number of nitrogens with zero attached hydrogens (tertiary/aromatic N) is 1. The summed E-state index contributed by atoms with van der Waals surface area (Å²) in [6.45, 7) is 7.53. The van der Waals surface area contributed by atoms with E-state index in [1.54, 1.807) is 4.31 Å². The van der Waals surface area contributed by atoms with Gasteiger partial charge in [0.2, 0.25) is 10.0 Å². The lowest BCUT2D eigenvalue weighted by Crippen LogP contribution is -2.40. The lowest BCUT2D eigenvalue weighted by atomic mass is 9.84. The summed E-state index contributed by atoms with van der Waals surface area (Å²) in [5, 5.41) is 10.1. The molecule has 1 aliphatic rings. The quantitative estimate of drug-likeness (QED) is 0.853. The van der Waals surface area contributed by atoms with Crippen LogP contribution in [0.25, 0.3) is 0 Å². The van der Waals surface area contributed by atoms with E-state index in [0.717, 1.165) is 19.3 Å². The topological polar surface area (TPSA) is 57.6 Å². The number of aliphatic hydroxyl groups excluding tert-OH is 1. The van der Waals surface area contributed by atoms with Crippen molar-refractivity contribution in [2.75, 3.05) is 19.3 Å². The third-order valence-corrected chi connectivity index (χ3v) is 4.67. The molecule has 2 unspecified atom stereocenters. The molecule has 1 fully saturated rings. The molecule has 0 aromatic rings. The van der Waals surface area contributed by atoms with Crippen LogP contribution in [0.4, 0.5) is 0 Å². The van der Waals surface area contributed by atoms with Gasteiger partial charge in [-0.2, -0.15) is 0 Å². The third-order valence-electron chi connectivity index (χ3n) is 3.40. The summed E-state index contributed by atoms with van der Waals surface area (Å²) in [7, 11) is -3.08. The number of sulfonamides is 1. The molecule has 0 spiro atoms. The van der Waals surface area contributed by atoms with Crippen molar-refractivity contribution in [3.8, 4) is 0 Å². The van der Waals surface area contributed by atoms with Crippen LogP contribution in [0.1, 0.15) is 46.5 Å². The zero-order valence-electron chi connectivity index (χ0n) is 12.0. The second-order valence-electron chi connectivity index (χ2n) is 6.78. The predicted octanol–water partition coefficient (Wildman–Crippen LogP) is 1.85. The Kier molecular flexibility index (Phi) is 5.21. The molecule has 0 amide bonds. The number of rotatable bonds is 4. The van der Waals surface area contributed by atoms with Gasteiger partial charge in [-0.3, -0.25) is 0 Å². The highest BCUT2D eigenvalue weighted by atomic mass is 32.2. The van der Waals surface area contributed by atoms with Crippen LogP contribution in [-0.2, 0) is 10.0 Å². The Balaban J connectivity index is 2.48. The van der Waals surface area contributed by atoms with E-state index in [-0.39, 0.29) is 11.5 Å². The molecule has 108 valence electrons. The summed E-state index contributed by atoms with van der Waals surface area (Å²) >= 11 is 0. The van der Waals surface area contributed by atoms with Gasteiger partial charge in [0.1, 0.15) is 0 Å². The van der Waals surface area contributed by atoms with Gasteiger partial charge in [-0.1, -0.05) is 20.8 Å². The monoisotopic (exact) mass is 277 g/mol. The van der Waals surface area contributed by atoms with Crippen molar-refractivity contribution in [1.82, 2.24) is 4.31 Å². The lowest BCUT2D eigenvalue weighted by Gasteiger charge is -2.33. The molecule has 0 aromatic carbocycles. The van der Waals surface area contributed by atoms with Gasteiger partial charge in [0.25, 0.3) is 0 Å².